The van der Waals surface area contributed by atoms with Crippen molar-refractivity contribution in [3.05, 3.63) is 40.8 Å². The van der Waals surface area contributed by atoms with Gasteiger partial charge in [-0.3, -0.25) is 0 Å². The van der Waals surface area contributed by atoms with Crippen LogP contribution in [0.1, 0.15) is 37.3 Å². The molecule has 1 unspecified atom stereocenters. The predicted octanol–water partition coefficient (Wildman–Crippen LogP) is 3.43. The fourth-order valence-electron chi connectivity index (χ4n) is 2.08. The highest BCUT2D eigenvalue weighted by atomic mass is 32.1. The molecule has 24 heavy (non-hydrogen) atoms. The first-order valence-electron chi connectivity index (χ1n) is 7.47. The molecule has 1 aromatic carbocycles. The molecule has 0 amide bonds. The van der Waals surface area contributed by atoms with Gasteiger partial charge in [0.2, 0.25) is 0 Å². The molecular formula is C18H21NO4S. The Hall–Kier alpha value is -2.18. The van der Waals surface area contributed by atoms with Gasteiger partial charge in [-0.25, -0.2) is 9.59 Å². The van der Waals surface area contributed by atoms with E-state index in [0.717, 1.165) is 15.0 Å². The van der Waals surface area contributed by atoms with Crippen LogP contribution < -0.4 is 5.73 Å². The van der Waals surface area contributed by atoms with Crippen LogP contribution in [0.5, 0.6) is 0 Å². The zero-order valence-corrected chi connectivity index (χ0v) is 15.0. The maximum absolute atomic E-state index is 12.1. The van der Waals surface area contributed by atoms with Crippen LogP contribution >= 0.6 is 11.3 Å². The highest BCUT2D eigenvalue weighted by molar-refractivity contribution is 7.19. The summed E-state index contributed by atoms with van der Waals surface area (Å²) in [4.78, 5) is 24.2. The number of methoxy groups -OCH3 is 1. The lowest BCUT2D eigenvalue weighted by molar-refractivity contribution is -0.156. The average Bonchev–Trinajstić information content (AvgIpc) is 2.91. The topological polar surface area (TPSA) is 78.6 Å². The van der Waals surface area contributed by atoms with Crippen LogP contribution in [0.25, 0.3) is 16.2 Å². The smallest absolute Gasteiger partial charge is 0.330 e. The fraction of sp³-hybridized carbons (Fsp3) is 0.333. The molecule has 0 spiro atoms. The van der Waals surface area contributed by atoms with E-state index in [2.05, 4.69) is 4.74 Å². The van der Waals surface area contributed by atoms with Crippen LogP contribution in [-0.4, -0.2) is 24.6 Å². The van der Waals surface area contributed by atoms with Gasteiger partial charge in [0.05, 0.1) is 7.11 Å². The predicted molar refractivity (Wildman–Crippen MR) is 95.6 cm³/mol. The van der Waals surface area contributed by atoms with Gasteiger partial charge >= 0.3 is 11.9 Å². The van der Waals surface area contributed by atoms with Crippen LogP contribution in [0.3, 0.4) is 0 Å². The summed E-state index contributed by atoms with van der Waals surface area (Å²) in [6, 6.07) is 6.71. The maximum atomic E-state index is 12.1. The second-order valence-electron chi connectivity index (χ2n) is 6.31. The van der Waals surface area contributed by atoms with Gasteiger partial charge in [0, 0.05) is 15.7 Å². The normalized spacial score (nSPS) is 13.2. The molecule has 1 heterocycles. The van der Waals surface area contributed by atoms with Gasteiger partial charge in [0.1, 0.15) is 11.6 Å². The Morgan fingerprint density at radius 3 is 2.58 bits per heavy atom. The van der Waals surface area contributed by atoms with E-state index in [-0.39, 0.29) is 0 Å². The van der Waals surface area contributed by atoms with Crippen molar-refractivity contribution in [3.63, 3.8) is 0 Å². The van der Waals surface area contributed by atoms with Crippen molar-refractivity contribution >= 4 is 39.4 Å². The molecular weight excluding hydrogens is 326 g/mol. The largest absolute Gasteiger partial charge is 0.466 e. The van der Waals surface area contributed by atoms with Crippen molar-refractivity contribution in [2.75, 3.05) is 7.11 Å². The van der Waals surface area contributed by atoms with Gasteiger partial charge < -0.3 is 15.2 Å². The summed E-state index contributed by atoms with van der Waals surface area (Å²) in [5.41, 5.74) is 6.13. The standard InChI is InChI=1S/C18H21NO4S/c1-18(2,3)23-17(21)16(19)11-5-7-14-12(9-11)10-13(24-14)6-8-15(20)22-4/h5-10,16H,19H2,1-4H3/b8-6+. The summed E-state index contributed by atoms with van der Waals surface area (Å²) >= 11 is 1.54. The number of carbonyl (C=O) groups excluding carboxylic acids is 2. The van der Waals surface area contributed by atoms with Crippen molar-refractivity contribution in [1.29, 1.82) is 0 Å². The van der Waals surface area contributed by atoms with Crippen molar-refractivity contribution in [3.8, 4) is 0 Å². The number of thiophene rings is 1. The van der Waals surface area contributed by atoms with E-state index in [1.807, 2.05) is 24.3 Å². The van der Waals surface area contributed by atoms with E-state index in [1.165, 1.54) is 24.5 Å². The van der Waals surface area contributed by atoms with E-state index >= 15 is 0 Å². The van der Waals surface area contributed by atoms with Gasteiger partial charge in [0.15, 0.2) is 0 Å². The molecule has 1 atom stereocenters. The summed E-state index contributed by atoms with van der Waals surface area (Å²) < 4.78 is 10.9. The van der Waals surface area contributed by atoms with Crippen molar-refractivity contribution in [2.24, 2.45) is 5.73 Å². The highest BCUT2D eigenvalue weighted by Crippen LogP contribution is 2.29. The molecule has 0 fully saturated rings. The highest BCUT2D eigenvalue weighted by Gasteiger charge is 2.23. The Labute approximate surface area is 145 Å². The van der Waals surface area contributed by atoms with E-state index in [0.29, 0.717) is 5.56 Å². The summed E-state index contributed by atoms with van der Waals surface area (Å²) in [5, 5.41) is 0.959. The molecule has 1 aromatic heterocycles. The SMILES string of the molecule is COC(=O)/C=C/c1cc2cc(C(N)C(=O)OC(C)(C)C)ccc2s1. The minimum absolute atomic E-state index is 0.403. The zero-order chi connectivity index (χ0) is 17.9. The molecule has 2 aromatic rings. The van der Waals surface area contributed by atoms with Gasteiger partial charge in [-0.1, -0.05) is 6.07 Å². The molecule has 0 aliphatic heterocycles. The minimum atomic E-state index is -0.831. The first kappa shape index (κ1) is 18.2. The monoisotopic (exact) mass is 347 g/mol. The Kier molecular flexibility index (Phi) is 5.41. The average molecular weight is 347 g/mol. The summed E-state index contributed by atoms with van der Waals surface area (Å²) in [7, 11) is 1.34. The van der Waals surface area contributed by atoms with Crippen molar-refractivity contribution < 1.29 is 19.1 Å². The molecule has 0 radical (unpaired) electrons. The number of carbonyl (C=O) groups is 2. The number of hydrogen-bond donors (Lipinski definition) is 1. The summed E-state index contributed by atoms with van der Waals surface area (Å²) in [6.07, 6.45) is 3.07. The first-order chi connectivity index (χ1) is 11.2. The molecule has 128 valence electrons. The van der Waals surface area contributed by atoms with E-state index < -0.39 is 23.6 Å². The van der Waals surface area contributed by atoms with Crippen LogP contribution in [0.15, 0.2) is 30.3 Å². The molecule has 0 saturated heterocycles. The number of esters is 2. The van der Waals surface area contributed by atoms with Crippen LogP contribution in [0.2, 0.25) is 0 Å². The minimum Gasteiger partial charge on any atom is -0.466 e. The van der Waals surface area contributed by atoms with Crippen molar-refractivity contribution in [2.45, 2.75) is 32.4 Å². The van der Waals surface area contributed by atoms with Crippen LogP contribution in [0.4, 0.5) is 0 Å². The third-order valence-electron chi connectivity index (χ3n) is 3.16. The van der Waals surface area contributed by atoms with Gasteiger partial charge in [-0.05, 0) is 56.0 Å². The zero-order valence-electron chi connectivity index (χ0n) is 14.2. The van der Waals surface area contributed by atoms with Gasteiger partial charge in [0.25, 0.3) is 0 Å². The van der Waals surface area contributed by atoms with E-state index in [9.17, 15) is 9.59 Å². The third-order valence-corrected chi connectivity index (χ3v) is 4.25. The number of rotatable bonds is 4. The fourth-order valence-corrected chi connectivity index (χ4v) is 3.03. The lowest BCUT2D eigenvalue weighted by Gasteiger charge is -2.22. The second-order valence-corrected chi connectivity index (χ2v) is 7.43. The third kappa shape index (κ3) is 4.66. The number of fused-ring (bicyclic) bond motifs is 1. The summed E-state index contributed by atoms with van der Waals surface area (Å²) in [5.74, 6) is -0.858. The molecule has 2 N–H and O–H groups in total. The Morgan fingerprint density at radius 1 is 1.25 bits per heavy atom. The van der Waals surface area contributed by atoms with Gasteiger partial charge in [-0.2, -0.15) is 0 Å². The molecule has 0 bridgehead atoms. The molecule has 0 saturated carbocycles. The number of benzene rings is 1. The van der Waals surface area contributed by atoms with Crippen LogP contribution in [0, 0.1) is 0 Å². The number of nitrogens with two attached hydrogens (primary N) is 1. The molecule has 5 nitrogen and oxygen atoms in total. The van der Waals surface area contributed by atoms with Crippen molar-refractivity contribution in [1.82, 2.24) is 0 Å². The molecule has 0 aliphatic carbocycles. The first-order valence-corrected chi connectivity index (χ1v) is 8.29. The number of ether oxygens (including phenoxy) is 2. The quantitative estimate of drug-likeness (QED) is 0.677. The van der Waals surface area contributed by atoms with Gasteiger partial charge in [-0.15, -0.1) is 11.3 Å². The molecule has 0 aliphatic rings. The Balaban J connectivity index is 2.23. The van der Waals surface area contributed by atoms with Crippen LogP contribution in [-0.2, 0) is 19.1 Å². The Morgan fingerprint density at radius 2 is 1.96 bits per heavy atom. The lowest BCUT2D eigenvalue weighted by Crippen LogP contribution is -2.31. The van der Waals surface area contributed by atoms with E-state index in [4.69, 9.17) is 10.5 Å². The van der Waals surface area contributed by atoms with E-state index in [1.54, 1.807) is 26.8 Å². The second kappa shape index (κ2) is 7.15. The lowest BCUT2D eigenvalue weighted by atomic mass is 10.1. The molecule has 6 heteroatoms. The molecule has 2 rings (SSSR count). The Bertz CT molecular complexity index is 786. The summed E-state index contributed by atoms with van der Waals surface area (Å²) in [6.45, 7) is 5.42. The maximum Gasteiger partial charge on any atom is 0.330 e. The number of hydrogen-bond acceptors (Lipinski definition) is 6.